The maximum atomic E-state index is 5.76. The normalized spacial score (nSPS) is 12.7. The van der Waals surface area contributed by atoms with Gasteiger partial charge in [0.15, 0.2) is 0 Å². The molecule has 1 unspecified atom stereocenters. The third-order valence-electron chi connectivity index (χ3n) is 3.26. The molecule has 3 nitrogen and oxygen atoms in total. The van der Waals surface area contributed by atoms with Gasteiger partial charge in [-0.15, -0.1) is 0 Å². The van der Waals surface area contributed by atoms with Gasteiger partial charge in [-0.1, -0.05) is 22.9 Å². The summed E-state index contributed by atoms with van der Waals surface area (Å²) >= 11 is 3.42. The van der Waals surface area contributed by atoms with Crippen LogP contribution in [0.1, 0.15) is 20.3 Å². The van der Waals surface area contributed by atoms with E-state index in [0.29, 0.717) is 12.6 Å². The molecule has 0 fully saturated rings. The quantitative estimate of drug-likeness (QED) is 0.691. The molecule has 0 radical (unpaired) electrons. The van der Waals surface area contributed by atoms with E-state index >= 15 is 0 Å². The number of ether oxygens (including phenoxy) is 2. The predicted molar refractivity (Wildman–Crippen MR) is 82.8 cm³/mol. The molecule has 4 heteroatoms. The Morgan fingerprint density at radius 3 is 2.37 bits per heavy atom. The molecule has 19 heavy (non-hydrogen) atoms. The van der Waals surface area contributed by atoms with Crippen LogP contribution in [0.2, 0.25) is 0 Å². The molecule has 0 aromatic heterocycles. The van der Waals surface area contributed by atoms with Gasteiger partial charge >= 0.3 is 0 Å². The van der Waals surface area contributed by atoms with Crippen molar-refractivity contribution < 1.29 is 9.47 Å². The minimum Gasteiger partial charge on any atom is -0.492 e. The first-order valence-corrected chi connectivity index (χ1v) is 7.58. The Labute approximate surface area is 125 Å². The van der Waals surface area contributed by atoms with Crippen LogP contribution < -0.4 is 4.74 Å². The average Bonchev–Trinajstić information content (AvgIpc) is 2.43. The van der Waals surface area contributed by atoms with Crippen LogP contribution in [0.5, 0.6) is 5.75 Å². The van der Waals surface area contributed by atoms with Gasteiger partial charge in [0.1, 0.15) is 12.4 Å². The Hall–Kier alpha value is -0.580. The van der Waals surface area contributed by atoms with Gasteiger partial charge < -0.3 is 9.47 Å². The van der Waals surface area contributed by atoms with Gasteiger partial charge in [0.05, 0.1) is 6.61 Å². The van der Waals surface area contributed by atoms with Gasteiger partial charge in [-0.3, -0.25) is 4.90 Å². The van der Waals surface area contributed by atoms with Crippen LogP contribution in [0.4, 0.5) is 0 Å². The van der Waals surface area contributed by atoms with Crippen LogP contribution in [-0.4, -0.2) is 44.4 Å². The summed E-state index contributed by atoms with van der Waals surface area (Å²) in [5.41, 5.74) is 0. The predicted octanol–water partition coefficient (Wildman–Crippen LogP) is 3.57. The topological polar surface area (TPSA) is 21.7 Å². The SMILES string of the molecule is CCC(C)N(CCOC)CCOc1ccc(Br)cc1. The van der Waals surface area contributed by atoms with E-state index in [2.05, 4.69) is 34.7 Å². The Morgan fingerprint density at radius 2 is 1.79 bits per heavy atom. The number of hydrogen-bond donors (Lipinski definition) is 0. The monoisotopic (exact) mass is 329 g/mol. The van der Waals surface area contributed by atoms with Gasteiger partial charge in [0.25, 0.3) is 0 Å². The molecule has 108 valence electrons. The third-order valence-corrected chi connectivity index (χ3v) is 3.79. The van der Waals surface area contributed by atoms with Crippen molar-refractivity contribution in [3.05, 3.63) is 28.7 Å². The molecule has 0 heterocycles. The van der Waals surface area contributed by atoms with E-state index in [-0.39, 0.29) is 0 Å². The number of rotatable bonds is 9. The summed E-state index contributed by atoms with van der Waals surface area (Å²) in [4.78, 5) is 2.41. The molecular weight excluding hydrogens is 306 g/mol. The summed E-state index contributed by atoms with van der Waals surface area (Å²) in [6.45, 7) is 7.80. The van der Waals surface area contributed by atoms with Crippen molar-refractivity contribution in [2.75, 3.05) is 33.4 Å². The van der Waals surface area contributed by atoms with E-state index in [9.17, 15) is 0 Å². The molecule has 0 aliphatic heterocycles. The second kappa shape index (κ2) is 9.34. The summed E-state index contributed by atoms with van der Waals surface area (Å²) in [6.07, 6.45) is 1.14. The molecule has 1 atom stereocenters. The summed E-state index contributed by atoms with van der Waals surface area (Å²) in [7, 11) is 1.74. The van der Waals surface area contributed by atoms with Crippen LogP contribution in [0.3, 0.4) is 0 Å². The third kappa shape index (κ3) is 6.41. The fourth-order valence-electron chi connectivity index (χ4n) is 1.83. The standard InChI is InChI=1S/C15H24BrNO2/c1-4-13(2)17(9-11-18-3)10-12-19-15-7-5-14(16)6-8-15/h5-8,13H,4,9-12H2,1-3H3. The summed E-state index contributed by atoms with van der Waals surface area (Å²) in [6, 6.07) is 8.50. The first-order valence-electron chi connectivity index (χ1n) is 6.78. The highest BCUT2D eigenvalue weighted by Gasteiger charge is 2.11. The highest BCUT2D eigenvalue weighted by atomic mass is 79.9. The lowest BCUT2D eigenvalue weighted by Crippen LogP contribution is -2.38. The van der Waals surface area contributed by atoms with Crippen LogP contribution in [0, 0.1) is 0 Å². The highest BCUT2D eigenvalue weighted by molar-refractivity contribution is 9.10. The van der Waals surface area contributed by atoms with Crippen molar-refractivity contribution >= 4 is 15.9 Å². The second-order valence-corrected chi connectivity index (χ2v) is 5.50. The average molecular weight is 330 g/mol. The molecule has 0 saturated heterocycles. The molecule has 1 aromatic carbocycles. The highest BCUT2D eigenvalue weighted by Crippen LogP contribution is 2.16. The molecule has 0 N–H and O–H groups in total. The van der Waals surface area contributed by atoms with E-state index in [1.807, 2.05) is 24.3 Å². The van der Waals surface area contributed by atoms with Crippen molar-refractivity contribution in [3.8, 4) is 5.75 Å². The Bertz CT molecular complexity index is 343. The van der Waals surface area contributed by atoms with Gasteiger partial charge in [0, 0.05) is 30.7 Å². The van der Waals surface area contributed by atoms with E-state index in [1.54, 1.807) is 7.11 Å². The van der Waals surface area contributed by atoms with Gasteiger partial charge in [0.2, 0.25) is 0 Å². The molecule has 1 aromatic rings. The van der Waals surface area contributed by atoms with Gasteiger partial charge in [-0.25, -0.2) is 0 Å². The number of hydrogen-bond acceptors (Lipinski definition) is 3. The molecule has 0 saturated carbocycles. The van der Waals surface area contributed by atoms with Crippen molar-refractivity contribution in [3.63, 3.8) is 0 Å². The maximum absolute atomic E-state index is 5.76. The lowest BCUT2D eigenvalue weighted by Gasteiger charge is -2.27. The van der Waals surface area contributed by atoms with Crippen LogP contribution in [0.15, 0.2) is 28.7 Å². The number of methoxy groups -OCH3 is 1. The van der Waals surface area contributed by atoms with E-state index in [4.69, 9.17) is 9.47 Å². The molecular formula is C15H24BrNO2. The molecule has 0 amide bonds. The zero-order valence-electron chi connectivity index (χ0n) is 12.1. The van der Waals surface area contributed by atoms with Crippen molar-refractivity contribution in [1.29, 1.82) is 0 Å². The first kappa shape index (κ1) is 16.5. The minimum atomic E-state index is 0.559. The minimum absolute atomic E-state index is 0.559. The van der Waals surface area contributed by atoms with Crippen LogP contribution in [-0.2, 0) is 4.74 Å². The molecule has 0 aliphatic carbocycles. The molecule has 0 aliphatic rings. The molecule has 0 spiro atoms. The lowest BCUT2D eigenvalue weighted by molar-refractivity contribution is 0.109. The lowest BCUT2D eigenvalue weighted by atomic mass is 10.2. The largest absolute Gasteiger partial charge is 0.492 e. The molecule has 1 rings (SSSR count). The van der Waals surface area contributed by atoms with Crippen molar-refractivity contribution in [1.82, 2.24) is 4.90 Å². The Kier molecular flexibility index (Phi) is 8.10. The second-order valence-electron chi connectivity index (χ2n) is 4.59. The number of nitrogens with zero attached hydrogens (tertiary/aromatic N) is 1. The Morgan fingerprint density at radius 1 is 1.16 bits per heavy atom. The maximum Gasteiger partial charge on any atom is 0.119 e. The van der Waals surface area contributed by atoms with Gasteiger partial charge in [-0.05, 0) is 37.6 Å². The van der Waals surface area contributed by atoms with Crippen LogP contribution in [0.25, 0.3) is 0 Å². The van der Waals surface area contributed by atoms with Crippen molar-refractivity contribution in [2.45, 2.75) is 26.3 Å². The zero-order chi connectivity index (χ0) is 14.1. The fraction of sp³-hybridized carbons (Fsp3) is 0.600. The number of benzene rings is 1. The van der Waals surface area contributed by atoms with Gasteiger partial charge in [-0.2, -0.15) is 0 Å². The summed E-state index contributed by atoms with van der Waals surface area (Å²) in [5, 5.41) is 0. The smallest absolute Gasteiger partial charge is 0.119 e. The first-order chi connectivity index (χ1) is 9.17. The summed E-state index contributed by atoms with van der Waals surface area (Å²) in [5.74, 6) is 0.916. The Balaban J connectivity index is 2.36. The number of halogens is 1. The van der Waals surface area contributed by atoms with E-state index < -0.39 is 0 Å². The van der Waals surface area contributed by atoms with E-state index in [1.165, 1.54) is 0 Å². The molecule has 0 bridgehead atoms. The zero-order valence-corrected chi connectivity index (χ0v) is 13.6. The fourth-order valence-corrected chi connectivity index (χ4v) is 2.10. The van der Waals surface area contributed by atoms with Crippen LogP contribution >= 0.6 is 15.9 Å². The van der Waals surface area contributed by atoms with Crippen molar-refractivity contribution in [2.24, 2.45) is 0 Å². The van der Waals surface area contributed by atoms with E-state index in [0.717, 1.165) is 36.3 Å². The summed E-state index contributed by atoms with van der Waals surface area (Å²) < 4.78 is 12.0.